The van der Waals surface area contributed by atoms with Crippen LogP contribution in [-0.4, -0.2) is 37.1 Å². The van der Waals surface area contributed by atoms with Gasteiger partial charge in [0, 0.05) is 13.1 Å². The molecule has 1 aliphatic rings. The molecule has 0 aromatic carbocycles. The molecule has 0 unspecified atom stereocenters. The molecule has 1 aliphatic heterocycles. The SMILES string of the molecule is CC(=N[S@@](=O)C(C)(C)C)c1nc(N2CCCCC2)ns1. The molecule has 0 bridgehead atoms. The highest BCUT2D eigenvalue weighted by molar-refractivity contribution is 7.85. The molecule has 1 atom stereocenters. The Kier molecular flexibility index (Phi) is 4.90. The highest BCUT2D eigenvalue weighted by Gasteiger charge is 2.21. The molecule has 1 aromatic heterocycles. The van der Waals surface area contributed by atoms with E-state index in [9.17, 15) is 4.21 Å². The van der Waals surface area contributed by atoms with E-state index in [-0.39, 0.29) is 4.75 Å². The predicted octanol–water partition coefficient (Wildman–Crippen LogP) is 2.80. The van der Waals surface area contributed by atoms with Crippen LogP contribution in [0.2, 0.25) is 0 Å². The Bertz CT molecular complexity index is 513. The van der Waals surface area contributed by atoms with Gasteiger partial charge in [-0.05, 0) is 58.5 Å². The average molecular weight is 314 g/mol. The van der Waals surface area contributed by atoms with Crippen LogP contribution in [0.5, 0.6) is 0 Å². The Balaban J connectivity index is 2.11. The third-order valence-corrected chi connectivity index (χ3v) is 5.41. The van der Waals surface area contributed by atoms with E-state index < -0.39 is 11.0 Å². The van der Waals surface area contributed by atoms with Gasteiger partial charge >= 0.3 is 0 Å². The minimum atomic E-state index is -1.25. The van der Waals surface area contributed by atoms with Crippen molar-refractivity contribution in [2.45, 2.75) is 51.7 Å². The van der Waals surface area contributed by atoms with Crippen LogP contribution >= 0.6 is 11.5 Å². The fourth-order valence-electron chi connectivity index (χ4n) is 1.89. The van der Waals surface area contributed by atoms with Gasteiger partial charge < -0.3 is 4.90 Å². The summed E-state index contributed by atoms with van der Waals surface area (Å²) in [4.78, 5) is 6.76. The Labute approximate surface area is 127 Å². The number of anilines is 1. The van der Waals surface area contributed by atoms with E-state index in [2.05, 4.69) is 18.7 Å². The van der Waals surface area contributed by atoms with Gasteiger partial charge in [-0.1, -0.05) is 0 Å². The molecule has 5 nitrogen and oxygen atoms in total. The number of aromatic nitrogens is 2. The molecule has 0 amide bonds. The van der Waals surface area contributed by atoms with Crippen LogP contribution in [0.25, 0.3) is 0 Å². The van der Waals surface area contributed by atoms with Gasteiger partial charge in [0.05, 0.1) is 10.5 Å². The van der Waals surface area contributed by atoms with Crippen molar-refractivity contribution in [1.82, 2.24) is 9.36 Å². The smallest absolute Gasteiger partial charge is 0.237 e. The van der Waals surface area contributed by atoms with E-state index in [1.165, 1.54) is 30.8 Å². The Hall–Kier alpha value is -0.820. The molecule has 7 heteroatoms. The van der Waals surface area contributed by atoms with Crippen molar-refractivity contribution in [3.63, 3.8) is 0 Å². The third kappa shape index (κ3) is 3.85. The maximum atomic E-state index is 12.0. The Morgan fingerprint density at radius 3 is 2.55 bits per heavy atom. The van der Waals surface area contributed by atoms with Gasteiger partial charge in [0.15, 0.2) is 5.01 Å². The van der Waals surface area contributed by atoms with Crippen molar-refractivity contribution < 1.29 is 4.21 Å². The van der Waals surface area contributed by atoms with Gasteiger partial charge in [-0.2, -0.15) is 13.8 Å². The first-order chi connectivity index (χ1) is 9.38. The average Bonchev–Trinajstić information content (AvgIpc) is 2.88. The summed E-state index contributed by atoms with van der Waals surface area (Å²) in [5.74, 6) is 0.792. The molecule has 2 rings (SSSR count). The molecule has 112 valence electrons. The summed E-state index contributed by atoms with van der Waals surface area (Å²) in [6.07, 6.45) is 3.70. The van der Waals surface area contributed by atoms with Crippen LogP contribution in [0.4, 0.5) is 5.95 Å². The summed E-state index contributed by atoms with van der Waals surface area (Å²) in [7, 11) is -1.25. The zero-order valence-corrected chi connectivity index (χ0v) is 14.2. The van der Waals surface area contributed by atoms with Crippen LogP contribution in [0.3, 0.4) is 0 Å². The maximum Gasteiger partial charge on any atom is 0.237 e. The molecule has 0 aliphatic carbocycles. The van der Waals surface area contributed by atoms with E-state index in [0.717, 1.165) is 24.0 Å². The van der Waals surface area contributed by atoms with E-state index >= 15 is 0 Å². The minimum Gasteiger partial charge on any atom is -0.340 e. The molecule has 1 saturated heterocycles. The standard InChI is InChI=1S/C13H22N4OS2/c1-10(16-20(18)13(2,3)4)11-14-12(15-19-11)17-8-6-5-7-9-17/h5-9H2,1-4H3/t20-/m0/s1. The largest absolute Gasteiger partial charge is 0.340 e. The molecule has 1 aromatic rings. The maximum absolute atomic E-state index is 12.0. The molecule has 0 saturated carbocycles. The summed E-state index contributed by atoms with van der Waals surface area (Å²) in [6.45, 7) is 9.65. The molecular weight excluding hydrogens is 292 g/mol. The van der Waals surface area contributed by atoms with Gasteiger partial charge in [0.2, 0.25) is 5.95 Å². The monoisotopic (exact) mass is 314 g/mol. The summed E-state index contributed by atoms with van der Waals surface area (Å²) in [6, 6.07) is 0. The number of nitrogens with zero attached hydrogens (tertiary/aromatic N) is 4. The first-order valence-electron chi connectivity index (χ1n) is 6.94. The number of rotatable bonds is 3. The summed E-state index contributed by atoms with van der Waals surface area (Å²) in [5.41, 5.74) is 0.707. The van der Waals surface area contributed by atoms with Gasteiger partial charge in [-0.3, -0.25) is 0 Å². The predicted molar refractivity (Wildman–Crippen MR) is 86.1 cm³/mol. The second-order valence-corrected chi connectivity index (χ2v) is 8.64. The second-order valence-electron chi connectivity index (χ2n) is 5.99. The lowest BCUT2D eigenvalue weighted by molar-refractivity contribution is 0.570. The van der Waals surface area contributed by atoms with E-state index in [0.29, 0.717) is 5.71 Å². The minimum absolute atomic E-state index is 0.346. The highest BCUT2D eigenvalue weighted by Crippen LogP contribution is 2.20. The Morgan fingerprint density at radius 1 is 1.30 bits per heavy atom. The zero-order valence-electron chi connectivity index (χ0n) is 12.5. The van der Waals surface area contributed by atoms with Crippen molar-refractivity contribution in [1.29, 1.82) is 0 Å². The molecule has 0 N–H and O–H groups in total. The Morgan fingerprint density at radius 2 is 1.95 bits per heavy atom. The molecule has 0 radical (unpaired) electrons. The van der Waals surface area contributed by atoms with Crippen LogP contribution in [0.15, 0.2) is 4.40 Å². The molecule has 0 spiro atoms. The third-order valence-electron chi connectivity index (χ3n) is 3.11. The zero-order chi connectivity index (χ0) is 14.8. The normalized spacial score (nSPS) is 19.2. The van der Waals surface area contributed by atoms with Gasteiger partial charge in [-0.15, -0.1) is 0 Å². The lowest BCUT2D eigenvalue weighted by Crippen LogP contribution is -2.30. The van der Waals surface area contributed by atoms with Crippen LogP contribution in [-0.2, 0) is 11.0 Å². The molecule has 2 heterocycles. The fraction of sp³-hybridized carbons (Fsp3) is 0.769. The second kappa shape index (κ2) is 6.30. The van der Waals surface area contributed by atoms with Gasteiger partial charge in [-0.25, -0.2) is 4.21 Å². The van der Waals surface area contributed by atoms with Crippen molar-refractivity contribution in [3.8, 4) is 0 Å². The first kappa shape index (κ1) is 15.6. The van der Waals surface area contributed by atoms with E-state index in [1.54, 1.807) is 0 Å². The number of piperidine rings is 1. The van der Waals surface area contributed by atoms with Crippen molar-refractivity contribution in [2.75, 3.05) is 18.0 Å². The topological polar surface area (TPSA) is 58.5 Å². The molecular formula is C13H22N4OS2. The summed E-state index contributed by atoms with van der Waals surface area (Å²) in [5, 5.41) is 0.767. The molecule has 20 heavy (non-hydrogen) atoms. The highest BCUT2D eigenvalue weighted by atomic mass is 32.2. The number of hydrogen-bond acceptors (Lipinski definition) is 5. The van der Waals surface area contributed by atoms with Crippen molar-refractivity contribution in [2.24, 2.45) is 4.40 Å². The van der Waals surface area contributed by atoms with Crippen LogP contribution < -0.4 is 4.90 Å². The van der Waals surface area contributed by atoms with Crippen LogP contribution in [0, 0.1) is 0 Å². The summed E-state index contributed by atoms with van der Waals surface area (Å²) >= 11 is 1.34. The van der Waals surface area contributed by atoms with E-state index in [4.69, 9.17) is 0 Å². The van der Waals surface area contributed by atoms with Crippen molar-refractivity contribution in [3.05, 3.63) is 5.01 Å². The van der Waals surface area contributed by atoms with Gasteiger partial charge in [0.1, 0.15) is 11.0 Å². The number of hydrogen-bond donors (Lipinski definition) is 0. The lowest BCUT2D eigenvalue weighted by Gasteiger charge is -2.25. The van der Waals surface area contributed by atoms with Crippen LogP contribution in [0.1, 0.15) is 52.0 Å². The first-order valence-corrected chi connectivity index (χ1v) is 8.82. The fourth-order valence-corrected chi connectivity index (χ4v) is 3.18. The van der Waals surface area contributed by atoms with Gasteiger partial charge in [0.25, 0.3) is 0 Å². The van der Waals surface area contributed by atoms with Crippen molar-refractivity contribution >= 4 is 34.2 Å². The quantitative estimate of drug-likeness (QED) is 0.805. The van der Waals surface area contributed by atoms with E-state index in [1.807, 2.05) is 27.7 Å². The lowest BCUT2D eigenvalue weighted by atomic mass is 10.1. The summed E-state index contributed by atoms with van der Waals surface area (Å²) < 4.78 is 20.3. The molecule has 1 fully saturated rings.